The second-order valence-corrected chi connectivity index (χ2v) is 4.18. The number of rotatable bonds is 2. The lowest BCUT2D eigenvalue weighted by molar-refractivity contribution is 0.195. The molecule has 0 spiro atoms. The van der Waals surface area contributed by atoms with Gasteiger partial charge in [0, 0.05) is 9.50 Å². The van der Waals surface area contributed by atoms with Gasteiger partial charge in [-0.1, -0.05) is 27.5 Å². The molecule has 0 bridgehead atoms. The Morgan fingerprint density at radius 3 is 2.67 bits per heavy atom. The van der Waals surface area contributed by atoms with Crippen molar-refractivity contribution in [2.24, 2.45) is 0 Å². The largest absolute Gasteiger partial charge is 0.393 e. The van der Waals surface area contributed by atoms with Crippen LogP contribution in [0, 0.1) is 0 Å². The molecule has 0 aliphatic rings. The van der Waals surface area contributed by atoms with Crippen LogP contribution in [-0.4, -0.2) is 11.2 Å². The van der Waals surface area contributed by atoms with Crippen molar-refractivity contribution in [2.75, 3.05) is 0 Å². The molecule has 0 aromatic heterocycles. The summed E-state index contributed by atoms with van der Waals surface area (Å²) in [5, 5.41) is 9.82. The molecule has 0 fully saturated rings. The molecule has 12 heavy (non-hydrogen) atoms. The minimum atomic E-state index is -0.324. The lowest BCUT2D eigenvalue weighted by Gasteiger charge is -2.05. The zero-order valence-corrected chi connectivity index (χ0v) is 9.06. The summed E-state index contributed by atoms with van der Waals surface area (Å²) in [5.41, 5.74) is 1.05. The van der Waals surface area contributed by atoms with Crippen LogP contribution in [0.25, 0.3) is 0 Å². The van der Waals surface area contributed by atoms with Gasteiger partial charge in [-0.25, -0.2) is 0 Å². The Morgan fingerprint density at radius 2 is 2.17 bits per heavy atom. The molecule has 0 saturated carbocycles. The van der Waals surface area contributed by atoms with Crippen LogP contribution in [-0.2, 0) is 6.42 Å². The van der Waals surface area contributed by atoms with E-state index in [-0.39, 0.29) is 6.10 Å². The van der Waals surface area contributed by atoms with E-state index in [9.17, 15) is 0 Å². The molecule has 3 heteroatoms. The van der Waals surface area contributed by atoms with E-state index in [2.05, 4.69) is 15.9 Å². The van der Waals surface area contributed by atoms with Crippen molar-refractivity contribution in [1.29, 1.82) is 0 Å². The van der Waals surface area contributed by atoms with Crippen LogP contribution in [0.2, 0.25) is 5.02 Å². The molecule has 0 saturated heterocycles. The highest BCUT2D eigenvalue weighted by atomic mass is 79.9. The van der Waals surface area contributed by atoms with E-state index in [1.165, 1.54) is 0 Å². The van der Waals surface area contributed by atoms with Gasteiger partial charge in [0.1, 0.15) is 0 Å². The van der Waals surface area contributed by atoms with Gasteiger partial charge in [-0.3, -0.25) is 0 Å². The van der Waals surface area contributed by atoms with Crippen LogP contribution in [0.15, 0.2) is 22.7 Å². The van der Waals surface area contributed by atoms with Crippen molar-refractivity contribution in [3.05, 3.63) is 33.3 Å². The smallest absolute Gasteiger partial charge is 0.0552 e. The van der Waals surface area contributed by atoms with Crippen molar-refractivity contribution in [1.82, 2.24) is 0 Å². The van der Waals surface area contributed by atoms with E-state index in [0.717, 1.165) is 10.0 Å². The maximum atomic E-state index is 9.13. The summed E-state index contributed by atoms with van der Waals surface area (Å²) < 4.78 is 0.950. The van der Waals surface area contributed by atoms with Crippen LogP contribution in [0.3, 0.4) is 0 Å². The molecule has 1 rings (SSSR count). The first kappa shape index (κ1) is 10.0. The number of hydrogen-bond donors (Lipinski definition) is 1. The summed E-state index contributed by atoms with van der Waals surface area (Å²) in [6.07, 6.45) is 0.314. The Hall–Kier alpha value is -0.0500. The topological polar surface area (TPSA) is 20.2 Å². The van der Waals surface area contributed by atoms with Gasteiger partial charge in [0.15, 0.2) is 0 Å². The van der Waals surface area contributed by atoms with Gasteiger partial charge < -0.3 is 5.11 Å². The molecule has 1 atom stereocenters. The summed E-state index contributed by atoms with van der Waals surface area (Å²) in [7, 11) is 0. The Labute approximate surface area is 85.5 Å². The molecule has 1 N–H and O–H groups in total. The molecule has 0 amide bonds. The first-order valence-corrected chi connectivity index (χ1v) is 4.88. The van der Waals surface area contributed by atoms with Crippen LogP contribution in [0.5, 0.6) is 0 Å². The summed E-state index contributed by atoms with van der Waals surface area (Å²) in [6.45, 7) is 1.76. The Bertz CT molecular complexity index is 253. The average molecular weight is 250 g/mol. The van der Waals surface area contributed by atoms with Gasteiger partial charge >= 0.3 is 0 Å². The lowest BCUT2D eigenvalue weighted by atomic mass is 10.1. The summed E-state index contributed by atoms with van der Waals surface area (Å²) in [5.74, 6) is 0. The van der Waals surface area contributed by atoms with Gasteiger partial charge in [-0.15, -0.1) is 0 Å². The zero-order chi connectivity index (χ0) is 9.14. The van der Waals surface area contributed by atoms with E-state index >= 15 is 0 Å². The predicted molar refractivity (Wildman–Crippen MR) is 54.5 cm³/mol. The summed E-state index contributed by atoms with van der Waals surface area (Å²) in [6, 6.07) is 5.64. The average Bonchev–Trinajstić information content (AvgIpc) is 1.81. The monoisotopic (exact) mass is 248 g/mol. The SMILES string of the molecule is CC(O)Cc1cc(Cl)cc(Br)c1. The van der Waals surface area contributed by atoms with Crippen molar-refractivity contribution in [3.8, 4) is 0 Å². The van der Waals surface area contributed by atoms with Crippen molar-refractivity contribution in [2.45, 2.75) is 19.4 Å². The van der Waals surface area contributed by atoms with Gasteiger partial charge in [0.2, 0.25) is 0 Å². The molecule has 1 nitrogen and oxygen atoms in total. The molecule has 1 aromatic carbocycles. The normalized spacial score (nSPS) is 13.0. The highest BCUT2D eigenvalue weighted by Gasteiger charge is 2.01. The quantitative estimate of drug-likeness (QED) is 0.854. The molecule has 0 radical (unpaired) electrons. The van der Waals surface area contributed by atoms with Crippen LogP contribution in [0.4, 0.5) is 0 Å². The highest BCUT2D eigenvalue weighted by molar-refractivity contribution is 9.10. The van der Waals surface area contributed by atoms with Gasteiger partial charge in [0.05, 0.1) is 6.10 Å². The third-order valence-corrected chi connectivity index (χ3v) is 2.13. The second kappa shape index (κ2) is 4.26. The third kappa shape index (κ3) is 3.13. The first-order valence-electron chi connectivity index (χ1n) is 3.71. The standard InChI is InChI=1S/C9H10BrClO/c1-6(12)2-7-3-8(10)5-9(11)4-7/h3-6,12H,2H2,1H3. The third-order valence-electron chi connectivity index (χ3n) is 1.45. The molecular formula is C9H10BrClO. The van der Waals surface area contributed by atoms with Crippen LogP contribution < -0.4 is 0 Å². The van der Waals surface area contributed by atoms with Crippen molar-refractivity contribution >= 4 is 27.5 Å². The van der Waals surface area contributed by atoms with E-state index in [1.807, 2.05) is 18.2 Å². The molecular weight excluding hydrogens is 239 g/mol. The van der Waals surface area contributed by atoms with Crippen molar-refractivity contribution in [3.63, 3.8) is 0 Å². The second-order valence-electron chi connectivity index (χ2n) is 2.83. The Balaban J connectivity index is 2.85. The minimum absolute atomic E-state index is 0.324. The predicted octanol–water partition coefficient (Wildman–Crippen LogP) is 3.03. The molecule has 66 valence electrons. The molecule has 0 heterocycles. The molecule has 1 aromatic rings. The van der Waals surface area contributed by atoms with Crippen LogP contribution in [0.1, 0.15) is 12.5 Å². The van der Waals surface area contributed by atoms with E-state index < -0.39 is 0 Å². The summed E-state index contributed by atoms with van der Waals surface area (Å²) in [4.78, 5) is 0. The number of aliphatic hydroxyl groups excluding tert-OH is 1. The number of halogens is 2. The van der Waals surface area contributed by atoms with Gasteiger partial charge in [0.25, 0.3) is 0 Å². The Morgan fingerprint density at radius 1 is 1.50 bits per heavy atom. The maximum Gasteiger partial charge on any atom is 0.0552 e. The molecule has 0 aliphatic heterocycles. The first-order chi connectivity index (χ1) is 5.58. The maximum absolute atomic E-state index is 9.13. The fourth-order valence-electron chi connectivity index (χ4n) is 1.07. The number of benzene rings is 1. The van der Waals surface area contributed by atoms with Gasteiger partial charge in [-0.05, 0) is 37.1 Å². The lowest BCUT2D eigenvalue weighted by Crippen LogP contribution is -2.03. The van der Waals surface area contributed by atoms with Crippen LogP contribution >= 0.6 is 27.5 Å². The summed E-state index contributed by atoms with van der Waals surface area (Å²) >= 11 is 9.16. The van der Waals surface area contributed by atoms with E-state index in [1.54, 1.807) is 6.92 Å². The Kier molecular flexibility index (Phi) is 3.56. The van der Waals surface area contributed by atoms with Crippen molar-refractivity contribution < 1.29 is 5.11 Å². The molecule has 0 aliphatic carbocycles. The van der Waals surface area contributed by atoms with E-state index in [4.69, 9.17) is 16.7 Å². The minimum Gasteiger partial charge on any atom is -0.393 e. The highest BCUT2D eigenvalue weighted by Crippen LogP contribution is 2.20. The fourth-order valence-corrected chi connectivity index (χ4v) is 2.00. The van der Waals surface area contributed by atoms with E-state index in [0.29, 0.717) is 11.4 Å². The van der Waals surface area contributed by atoms with Gasteiger partial charge in [-0.2, -0.15) is 0 Å². The zero-order valence-electron chi connectivity index (χ0n) is 6.72. The number of aliphatic hydroxyl groups is 1. The molecule has 1 unspecified atom stereocenters. The fraction of sp³-hybridized carbons (Fsp3) is 0.333. The number of hydrogen-bond acceptors (Lipinski definition) is 1.